The molecule has 3 aromatic rings. The third-order valence-electron chi connectivity index (χ3n) is 3.30. The van der Waals surface area contributed by atoms with Crippen molar-refractivity contribution in [2.45, 2.75) is 19.1 Å². The second kappa shape index (κ2) is 7.58. The van der Waals surface area contributed by atoms with Gasteiger partial charge in [0.15, 0.2) is 5.82 Å². The minimum atomic E-state index is -4.11. The van der Waals surface area contributed by atoms with Gasteiger partial charge >= 0.3 is 5.22 Å². The largest absolute Gasteiger partial charge is 0.494 e. The number of sulfone groups is 1. The molecule has 11 heteroatoms. The fourth-order valence-corrected chi connectivity index (χ4v) is 3.06. The lowest BCUT2D eigenvalue weighted by atomic mass is 10.2. The lowest BCUT2D eigenvalue weighted by Gasteiger charge is -2.02. The van der Waals surface area contributed by atoms with E-state index in [-0.39, 0.29) is 11.7 Å². The fraction of sp³-hybridized carbons (Fsp3) is 0.250. The summed E-state index contributed by atoms with van der Waals surface area (Å²) in [7, 11) is -4.11. The molecular formula is C16H16N4O6S. The number of benzene rings is 1. The Balaban J connectivity index is 1.71. The first kappa shape index (κ1) is 18.6. The van der Waals surface area contributed by atoms with Crippen molar-refractivity contribution in [3.63, 3.8) is 0 Å². The molecule has 0 saturated carbocycles. The lowest BCUT2D eigenvalue weighted by molar-refractivity contribution is -0.113. The van der Waals surface area contributed by atoms with E-state index in [1.165, 1.54) is 6.07 Å². The summed E-state index contributed by atoms with van der Waals surface area (Å²) >= 11 is 0. The van der Waals surface area contributed by atoms with Crippen LogP contribution in [0.3, 0.4) is 0 Å². The van der Waals surface area contributed by atoms with E-state index < -0.39 is 26.7 Å². The smallest absolute Gasteiger partial charge is 0.336 e. The Bertz CT molecular complexity index is 1040. The standard InChI is InChI=1S/C16H16N4O6S/c1-3-24-12-6-4-11(5-7-12)15-18-19-16(25-15)27(22,23)9-14(21)17-13-8-10(2)26-20-13/h4-8H,3,9H2,1-2H3,(H,17,20,21). The number of hydrogen-bond acceptors (Lipinski definition) is 9. The van der Waals surface area contributed by atoms with E-state index in [0.29, 0.717) is 23.7 Å². The first-order valence-corrected chi connectivity index (χ1v) is 9.55. The highest BCUT2D eigenvalue weighted by molar-refractivity contribution is 7.91. The van der Waals surface area contributed by atoms with Gasteiger partial charge in [-0.1, -0.05) is 10.3 Å². The van der Waals surface area contributed by atoms with Gasteiger partial charge in [-0.15, -0.1) is 5.10 Å². The molecule has 0 bridgehead atoms. The van der Waals surface area contributed by atoms with Gasteiger partial charge in [0.05, 0.1) is 6.61 Å². The molecule has 10 nitrogen and oxygen atoms in total. The summed E-state index contributed by atoms with van der Waals surface area (Å²) < 4.78 is 40.0. The van der Waals surface area contributed by atoms with E-state index in [1.54, 1.807) is 31.2 Å². The van der Waals surface area contributed by atoms with Crippen LogP contribution in [-0.2, 0) is 14.6 Å². The molecule has 2 aromatic heterocycles. The highest BCUT2D eigenvalue weighted by atomic mass is 32.2. The zero-order valence-corrected chi connectivity index (χ0v) is 15.3. The molecular weight excluding hydrogens is 376 g/mol. The minimum absolute atomic E-state index is 0.0177. The Kier molecular flexibility index (Phi) is 5.21. The van der Waals surface area contributed by atoms with E-state index >= 15 is 0 Å². The van der Waals surface area contributed by atoms with Gasteiger partial charge in [-0.05, 0) is 38.1 Å². The quantitative estimate of drug-likeness (QED) is 0.638. The van der Waals surface area contributed by atoms with Crippen LogP contribution in [-0.4, -0.2) is 42.0 Å². The highest BCUT2D eigenvalue weighted by Crippen LogP contribution is 2.23. The summed E-state index contributed by atoms with van der Waals surface area (Å²) in [5.41, 5.74) is 0.523. The summed E-state index contributed by atoms with van der Waals surface area (Å²) in [6.45, 7) is 4.03. The van der Waals surface area contributed by atoms with Crippen molar-refractivity contribution < 1.29 is 26.9 Å². The summed E-state index contributed by atoms with van der Waals surface area (Å²) in [5, 5.41) is 12.5. The monoisotopic (exact) mass is 392 g/mol. The van der Waals surface area contributed by atoms with Gasteiger partial charge in [0, 0.05) is 11.6 Å². The molecule has 1 amide bonds. The van der Waals surface area contributed by atoms with Crippen LogP contribution in [0.5, 0.6) is 5.75 Å². The number of aryl methyl sites for hydroxylation is 1. The number of anilines is 1. The second-order valence-electron chi connectivity index (χ2n) is 5.46. The highest BCUT2D eigenvalue weighted by Gasteiger charge is 2.26. The van der Waals surface area contributed by atoms with Gasteiger partial charge in [0.1, 0.15) is 17.3 Å². The number of amides is 1. The molecule has 0 radical (unpaired) electrons. The summed E-state index contributed by atoms with van der Waals surface area (Å²) in [4.78, 5) is 11.9. The Hall–Kier alpha value is -3.21. The summed E-state index contributed by atoms with van der Waals surface area (Å²) in [6.07, 6.45) is 0. The second-order valence-corrected chi connectivity index (χ2v) is 7.33. The third-order valence-corrected chi connectivity index (χ3v) is 4.64. The molecule has 0 atom stereocenters. The number of nitrogens with zero attached hydrogens (tertiary/aromatic N) is 3. The minimum Gasteiger partial charge on any atom is -0.494 e. The van der Waals surface area contributed by atoms with Crippen molar-refractivity contribution in [1.29, 1.82) is 0 Å². The molecule has 0 aliphatic carbocycles. The van der Waals surface area contributed by atoms with Gasteiger partial charge in [-0.2, -0.15) is 0 Å². The van der Waals surface area contributed by atoms with Crippen molar-refractivity contribution in [1.82, 2.24) is 15.4 Å². The zero-order valence-electron chi connectivity index (χ0n) is 14.5. The molecule has 0 spiro atoms. The van der Waals surface area contributed by atoms with Gasteiger partial charge < -0.3 is 19.0 Å². The van der Waals surface area contributed by atoms with E-state index in [2.05, 4.69) is 20.7 Å². The van der Waals surface area contributed by atoms with E-state index in [9.17, 15) is 13.2 Å². The number of carbonyl (C=O) groups excluding carboxylic acids is 1. The Morgan fingerprint density at radius 3 is 2.59 bits per heavy atom. The lowest BCUT2D eigenvalue weighted by Crippen LogP contribution is -2.23. The van der Waals surface area contributed by atoms with Crippen LogP contribution in [0.4, 0.5) is 5.82 Å². The van der Waals surface area contributed by atoms with Gasteiger partial charge in [0.25, 0.3) is 0 Å². The maximum absolute atomic E-state index is 12.3. The van der Waals surface area contributed by atoms with Gasteiger partial charge in [-0.25, -0.2) is 8.42 Å². The first-order valence-electron chi connectivity index (χ1n) is 7.90. The number of hydrogen-bond donors (Lipinski definition) is 1. The van der Waals surface area contributed by atoms with Crippen LogP contribution >= 0.6 is 0 Å². The molecule has 2 heterocycles. The van der Waals surface area contributed by atoms with Crippen molar-refractivity contribution in [3.05, 3.63) is 36.1 Å². The average molecular weight is 392 g/mol. The van der Waals surface area contributed by atoms with Gasteiger partial charge in [0.2, 0.25) is 21.6 Å². The van der Waals surface area contributed by atoms with Crippen LogP contribution in [0.25, 0.3) is 11.5 Å². The van der Waals surface area contributed by atoms with E-state index in [1.807, 2.05) is 6.92 Å². The fourth-order valence-electron chi connectivity index (χ4n) is 2.15. The van der Waals surface area contributed by atoms with Crippen LogP contribution in [0.2, 0.25) is 0 Å². The van der Waals surface area contributed by atoms with Crippen LogP contribution < -0.4 is 10.1 Å². The maximum Gasteiger partial charge on any atom is 0.336 e. The topological polar surface area (TPSA) is 137 Å². The normalized spacial score (nSPS) is 11.3. The van der Waals surface area contributed by atoms with Crippen molar-refractivity contribution in [3.8, 4) is 17.2 Å². The van der Waals surface area contributed by atoms with Gasteiger partial charge in [-0.3, -0.25) is 4.79 Å². The number of nitrogens with one attached hydrogen (secondary N) is 1. The SMILES string of the molecule is CCOc1ccc(-c2nnc(S(=O)(=O)CC(=O)Nc3cc(C)on3)o2)cc1. The molecule has 0 unspecified atom stereocenters. The zero-order chi connectivity index (χ0) is 19.4. The maximum atomic E-state index is 12.3. The van der Waals surface area contributed by atoms with Crippen LogP contribution in [0.1, 0.15) is 12.7 Å². The van der Waals surface area contributed by atoms with Crippen molar-refractivity contribution in [2.75, 3.05) is 17.7 Å². The Labute approximate surface area is 154 Å². The number of carbonyl (C=O) groups is 1. The first-order chi connectivity index (χ1) is 12.9. The molecule has 142 valence electrons. The third kappa shape index (κ3) is 4.50. The number of ether oxygens (including phenoxy) is 1. The van der Waals surface area contributed by atoms with Crippen LogP contribution in [0.15, 0.2) is 44.5 Å². The van der Waals surface area contributed by atoms with Crippen LogP contribution in [0, 0.1) is 6.92 Å². The van der Waals surface area contributed by atoms with E-state index in [4.69, 9.17) is 13.7 Å². The van der Waals surface area contributed by atoms with E-state index in [0.717, 1.165) is 0 Å². The molecule has 0 aliphatic rings. The predicted molar refractivity (Wildman–Crippen MR) is 92.8 cm³/mol. The Morgan fingerprint density at radius 2 is 1.96 bits per heavy atom. The molecule has 3 rings (SSSR count). The molecule has 1 N–H and O–H groups in total. The molecule has 1 aromatic carbocycles. The molecule has 0 fully saturated rings. The summed E-state index contributed by atoms with van der Waals surface area (Å²) in [5.74, 6) is -0.399. The van der Waals surface area contributed by atoms with Crippen molar-refractivity contribution in [2.24, 2.45) is 0 Å². The molecule has 0 aliphatic heterocycles. The Morgan fingerprint density at radius 1 is 1.22 bits per heavy atom. The summed E-state index contributed by atoms with van der Waals surface area (Å²) in [6, 6.07) is 8.18. The molecule has 0 saturated heterocycles. The number of aromatic nitrogens is 3. The predicted octanol–water partition coefficient (Wildman–Crippen LogP) is 1.84. The molecule has 27 heavy (non-hydrogen) atoms. The average Bonchev–Trinajstić information content (AvgIpc) is 3.25. The van der Waals surface area contributed by atoms with Crippen molar-refractivity contribution >= 4 is 21.6 Å². The number of rotatable bonds is 7.